The molecule has 1 amide bonds. The van der Waals surface area contributed by atoms with E-state index in [1.165, 1.54) is 0 Å². The maximum Gasteiger partial charge on any atom is 0.255 e. The topological polar surface area (TPSA) is 46.3 Å². The third kappa shape index (κ3) is 3.29. The second kappa shape index (κ2) is 5.94. The summed E-state index contributed by atoms with van der Waals surface area (Å²) in [4.78, 5) is 13.9. The van der Waals surface area contributed by atoms with E-state index in [1.807, 2.05) is 11.4 Å². The smallest absolute Gasteiger partial charge is 0.255 e. The summed E-state index contributed by atoms with van der Waals surface area (Å²) in [5, 5.41) is 2.32. The Hall–Kier alpha value is -1.04. The molecule has 0 radical (unpaired) electrons. The van der Waals surface area contributed by atoms with Gasteiger partial charge in [0.15, 0.2) is 0 Å². The molecule has 0 fully saturated rings. The van der Waals surface area contributed by atoms with Crippen molar-refractivity contribution in [2.24, 2.45) is 0 Å². The Labute approximate surface area is 129 Å². The second-order valence-corrected chi connectivity index (χ2v) is 6.80. The van der Waals surface area contributed by atoms with Gasteiger partial charge in [-0.15, -0.1) is 11.3 Å². The summed E-state index contributed by atoms with van der Waals surface area (Å²) in [6, 6.07) is 7.08. The zero-order valence-corrected chi connectivity index (χ0v) is 13.3. The maximum atomic E-state index is 12.3. The van der Waals surface area contributed by atoms with Crippen LogP contribution >= 0.6 is 38.9 Å². The predicted molar refractivity (Wildman–Crippen MR) is 83.7 cm³/mol. The normalized spacial score (nSPS) is 10.5. The number of rotatable bonds is 3. The zero-order valence-electron chi connectivity index (χ0n) is 10.2. The van der Waals surface area contributed by atoms with Gasteiger partial charge in [0.1, 0.15) is 0 Å². The van der Waals surface area contributed by atoms with E-state index in [9.17, 15) is 4.79 Å². The van der Waals surface area contributed by atoms with Gasteiger partial charge in [-0.2, -0.15) is 0 Å². The second-order valence-electron chi connectivity index (χ2n) is 4.13. The van der Waals surface area contributed by atoms with Crippen LogP contribution < -0.4 is 5.73 Å². The highest BCUT2D eigenvalue weighted by molar-refractivity contribution is 9.11. The van der Waals surface area contributed by atoms with Gasteiger partial charge in [0.25, 0.3) is 5.91 Å². The molecule has 19 heavy (non-hydrogen) atoms. The summed E-state index contributed by atoms with van der Waals surface area (Å²) in [7, 11) is 1.74. The molecule has 0 bridgehead atoms. The maximum absolute atomic E-state index is 12.3. The van der Waals surface area contributed by atoms with Crippen LogP contribution in [0.15, 0.2) is 33.4 Å². The minimum Gasteiger partial charge on any atom is -0.398 e. The van der Waals surface area contributed by atoms with E-state index >= 15 is 0 Å². The van der Waals surface area contributed by atoms with Crippen LogP contribution in [-0.4, -0.2) is 17.9 Å². The first kappa shape index (κ1) is 14.4. The van der Waals surface area contributed by atoms with Crippen molar-refractivity contribution in [2.75, 3.05) is 12.8 Å². The van der Waals surface area contributed by atoms with Crippen molar-refractivity contribution in [3.8, 4) is 0 Å². The number of carbonyl (C=O) groups is 1. The summed E-state index contributed by atoms with van der Waals surface area (Å²) >= 11 is 11.1. The average Bonchev–Trinajstić information content (AvgIpc) is 2.77. The minimum absolute atomic E-state index is 0.139. The number of hydrogen-bond donors (Lipinski definition) is 1. The number of nitrogens with zero attached hydrogens (tertiary/aromatic N) is 1. The molecule has 1 aromatic carbocycles. The molecule has 0 aliphatic carbocycles. The van der Waals surface area contributed by atoms with Crippen LogP contribution in [0.25, 0.3) is 0 Å². The number of amides is 1. The Bertz CT molecular complexity index is 614. The van der Waals surface area contributed by atoms with Crippen molar-refractivity contribution in [1.82, 2.24) is 4.90 Å². The fourth-order valence-corrected chi connectivity index (χ4v) is 3.10. The summed E-state index contributed by atoms with van der Waals surface area (Å²) in [6.45, 7) is 0.534. The van der Waals surface area contributed by atoms with Gasteiger partial charge >= 0.3 is 0 Å². The van der Waals surface area contributed by atoms with Crippen molar-refractivity contribution < 1.29 is 4.79 Å². The molecule has 6 heteroatoms. The largest absolute Gasteiger partial charge is 0.398 e. The molecule has 0 atom stereocenters. The monoisotopic (exact) mass is 358 g/mol. The van der Waals surface area contributed by atoms with E-state index in [-0.39, 0.29) is 5.91 Å². The van der Waals surface area contributed by atoms with Crippen molar-refractivity contribution >= 4 is 50.5 Å². The van der Waals surface area contributed by atoms with Crippen molar-refractivity contribution in [2.45, 2.75) is 6.54 Å². The quantitative estimate of drug-likeness (QED) is 0.841. The third-order valence-electron chi connectivity index (χ3n) is 2.65. The molecule has 3 nitrogen and oxygen atoms in total. The molecule has 0 spiro atoms. The number of thiophene rings is 1. The predicted octanol–water partition coefficient (Wildman–Crippen LogP) is 4.02. The molecule has 2 aromatic rings. The van der Waals surface area contributed by atoms with Gasteiger partial charge in [0, 0.05) is 13.6 Å². The summed E-state index contributed by atoms with van der Waals surface area (Å²) < 4.78 is 1.05. The Kier molecular flexibility index (Phi) is 4.50. The molecule has 0 saturated heterocycles. The van der Waals surface area contributed by atoms with Crippen LogP contribution in [0.4, 0.5) is 5.69 Å². The Morgan fingerprint density at radius 1 is 1.53 bits per heavy atom. The SMILES string of the molecule is CN(Cc1csc(Br)c1)C(=O)c1cccc(N)c1Cl. The molecule has 2 N–H and O–H groups in total. The van der Waals surface area contributed by atoms with Crippen LogP contribution in [0.5, 0.6) is 0 Å². The molecular weight excluding hydrogens is 348 g/mol. The van der Waals surface area contributed by atoms with Gasteiger partial charge in [-0.25, -0.2) is 0 Å². The molecule has 1 aromatic heterocycles. The lowest BCUT2D eigenvalue weighted by Crippen LogP contribution is -2.26. The molecule has 0 aliphatic heterocycles. The van der Waals surface area contributed by atoms with Crippen LogP contribution in [0.2, 0.25) is 5.02 Å². The molecule has 0 aliphatic rings. The van der Waals surface area contributed by atoms with Gasteiger partial charge in [-0.05, 0) is 45.1 Å². The molecule has 0 unspecified atom stereocenters. The molecule has 2 rings (SSSR count). The van der Waals surface area contributed by atoms with Crippen molar-refractivity contribution in [1.29, 1.82) is 0 Å². The van der Waals surface area contributed by atoms with E-state index in [4.69, 9.17) is 17.3 Å². The lowest BCUT2D eigenvalue weighted by atomic mass is 10.1. The van der Waals surface area contributed by atoms with E-state index in [2.05, 4.69) is 15.9 Å². The van der Waals surface area contributed by atoms with Gasteiger partial charge in [-0.3, -0.25) is 4.79 Å². The lowest BCUT2D eigenvalue weighted by Gasteiger charge is -2.17. The van der Waals surface area contributed by atoms with Gasteiger partial charge in [-0.1, -0.05) is 17.7 Å². The van der Waals surface area contributed by atoms with Crippen molar-refractivity contribution in [3.05, 3.63) is 49.6 Å². The van der Waals surface area contributed by atoms with Gasteiger partial charge in [0.2, 0.25) is 0 Å². The van der Waals surface area contributed by atoms with Gasteiger partial charge in [0.05, 0.1) is 20.1 Å². The van der Waals surface area contributed by atoms with E-state index in [0.29, 0.717) is 22.8 Å². The standard InChI is InChI=1S/C13H12BrClN2OS/c1-17(6-8-5-11(14)19-7-8)13(18)9-3-2-4-10(16)12(9)15/h2-5,7H,6,16H2,1H3. The number of nitrogen functional groups attached to an aromatic ring is 1. The number of nitrogens with two attached hydrogens (primary N) is 1. The minimum atomic E-state index is -0.139. The summed E-state index contributed by atoms with van der Waals surface area (Å²) in [5.74, 6) is -0.139. The van der Waals surface area contributed by atoms with Crippen LogP contribution in [0.3, 0.4) is 0 Å². The number of hydrogen-bond acceptors (Lipinski definition) is 3. The van der Waals surface area contributed by atoms with Crippen LogP contribution in [-0.2, 0) is 6.54 Å². The first-order valence-electron chi connectivity index (χ1n) is 5.51. The fourth-order valence-electron chi connectivity index (χ4n) is 1.69. The lowest BCUT2D eigenvalue weighted by molar-refractivity contribution is 0.0785. The average molecular weight is 360 g/mol. The number of anilines is 1. The van der Waals surface area contributed by atoms with E-state index in [1.54, 1.807) is 41.5 Å². The fraction of sp³-hybridized carbons (Fsp3) is 0.154. The molecule has 100 valence electrons. The van der Waals surface area contributed by atoms with Crippen molar-refractivity contribution in [3.63, 3.8) is 0 Å². The van der Waals surface area contributed by atoms with Gasteiger partial charge < -0.3 is 10.6 Å². The highest BCUT2D eigenvalue weighted by Crippen LogP contribution is 2.25. The van der Waals surface area contributed by atoms with E-state index in [0.717, 1.165) is 9.35 Å². The molecular formula is C13H12BrClN2OS. The number of benzene rings is 1. The first-order valence-corrected chi connectivity index (χ1v) is 7.56. The number of halogens is 2. The summed E-state index contributed by atoms with van der Waals surface area (Å²) in [5.41, 5.74) is 7.63. The van der Waals surface area contributed by atoms with Crippen LogP contribution in [0, 0.1) is 0 Å². The number of carbonyl (C=O) groups excluding carboxylic acids is 1. The highest BCUT2D eigenvalue weighted by atomic mass is 79.9. The van der Waals surface area contributed by atoms with Crippen LogP contribution in [0.1, 0.15) is 15.9 Å². The zero-order chi connectivity index (χ0) is 14.0. The first-order chi connectivity index (χ1) is 8.99. The van der Waals surface area contributed by atoms with E-state index < -0.39 is 0 Å². The Morgan fingerprint density at radius 3 is 2.89 bits per heavy atom. The Balaban J connectivity index is 2.17. The molecule has 0 saturated carbocycles. The third-order valence-corrected chi connectivity index (χ3v) is 4.62. The highest BCUT2D eigenvalue weighted by Gasteiger charge is 2.16. The summed E-state index contributed by atoms with van der Waals surface area (Å²) in [6.07, 6.45) is 0. The molecule has 1 heterocycles. The Morgan fingerprint density at radius 2 is 2.26 bits per heavy atom.